The number of halogens is 1. The first-order chi connectivity index (χ1) is 15.8. The van der Waals surface area contributed by atoms with Crippen molar-refractivity contribution < 1.29 is 17.9 Å². The van der Waals surface area contributed by atoms with Crippen molar-refractivity contribution in [3.05, 3.63) is 52.7 Å². The Kier molecular flexibility index (Phi) is 6.40. The van der Waals surface area contributed by atoms with E-state index in [4.69, 9.17) is 20.2 Å². The van der Waals surface area contributed by atoms with Gasteiger partial charge in [0, 0.05) is 24.0 Å². The highest BCUT2D eigenvalue weighted by atomic mass is 35.7. The lowest BCUT2D eigenvalue weighted by Gasteiger charge is -2.11. The van der Waals surface area contributed by atoms with Crippen LogP contribution in [0.25, 0.3) is 28.2 Å². The van der Waals surface area contributed by atoms with E-state index >= 15 is 0 Å². The van der Waals surface area contributed by atoms with Crippen LogP contribution in [0.15, 0.2) is 46.3 Å². The quantitative estimate of drug-likeness (QED) is 0.290. The van der Waals surface area contributed by atoms with Crippen LogP contribution in [0.3, 0.4) is 0 Å². The minimum Gasteiger partial charge on any atom is -0.475 e. The van der Waals surface area contributed by atoms with Crippen molar-refractivity contribution in [1.82, 2.24) is 29.7 Å². The van der Waals surface area contributed by atoms with Gasteiger partial charge in [-0.05, 0) is 24.6 Å². The molecule has 0 fully saturated rings. The number of aromatic nitrogens is 6. The topological polar surface area (TPSA) is 142 Å². The number of hydrogen-bond donors (Lipinski definition) is 1. The van der Waals surface area contributed by atoms with E-state index in [1.54, 1.807) is 23.0 Å². The summed E-state index contributed by atoms with van der Waals surface area (Å²) in [5.41, 5.74) is 0.772. The number of aryl methyl sites for hydroxylation is 1. The third-order valence-corrected chi connectivity index (χ3v) is 6.03. The van der Waals surface area contributed by atoms with E-state index in [1.165, 1.54) is 13.2 Å². The van der Waals surface area contributed by atoms with Crippen molar-refractivity contribution >= 4 is 30.8 Å². The lowest BCUT2D eigenvalue weighted by atomic mass is 10.2. The summed E-state index contributed by atoms with van der Waals surface area (Å²) in [7, 11) is 2.93. The van der Waals surface area contributed by atoms with Crippen LogP contribution in [0, 0.1) is 0 Å². The van der Waals surface area contributed by atoms with Crippen molar-refractivity contribution in [2.75, 3.05) is 20.3 Å². The van der Waals surface area contributed by atoms with Gasteiger partial charge in [0.1, 0.15) is 22.8 Å². The van der Waals surface area contributed by atoms with Crippen LogP contribution in [0.1, 0.15) is 12.6 Å². The molecule has 33 heavy (non-hydrogen) atoms. The van der Waals surface area contributed by atoms with Crippen molar-refractivity contribution in [3.8, 4) is 23.1 Å². The fourth-order valence-electron chi connectivity index (χ4n) is 3.21. The maximum Gasteiger partial charge on any atom is 0.279 e. The van der Waals surface area contributed by atoms with Crippen LogP contribution in [-0.4, -0.2) is 58.5 Å². The zero-order valence-electron chi connectivity index (χ0n) is 17.6. The number of methoxy groups -OCH3 is 1. The SMILES string of the molecule is CCc1c2nc(-c3cc(S(=O)(=O)Cl)cnc3OCCOC)[nH]c(=O)c2nn1-c1ccccn1. The highest BCUT2D eigenvalue weighted by Gasteiger charge is 2.22. The van der Waals surface area contributed by atoms with Gasteiger partial charge in [0.2, 0.25) is 5.88 Å². The minimum atomic E-state index is -4.09. The molecule has 0 unspecified atom stereocenters. The molecule has 0 radical (unpaired) electrons. The van der Waals surface area contributed by atoms with E-state index < -0.39 is 14.6 Å². The Bertz CT molecular complexity index is 1470. The Morgan fingerprint density at radius 2 is 2.00 bits per heavy atom. The molecule has 4 aromatic heterocycles. The number of nitrogens with one attached hydrogen (secondary N) is 1. The molecule has 11 nitrogen and oxygen atoms in total. The summed E-state index contributed by atoms with van der Waals surface area (Å²) in [6, 6.07) is 6.60. The Morgan fingerprint density at radius 1 is 1.18 bits per heavy atom. The van der Waals surface area contributed by atoms with Gasteiger partial charge in [-0.25, -0.2) is 28.1 Å². The van der Waals surface area contributed by atoms with Gasteiger partial charge in [-0.1, -0.05) is 13.0 Å². The van der Waals surface area contributed by atoms with Crippen LogP contribution in [0.5, 0.6) is 5.88 Å². The number of nitrogens with zero attached hydrogens (tertiary/aromatic N) is 5. The lowest BCUT2D eigenvalue weighted by Crippen LogP contribution is -2.12. The average Bonchev–Trinajstić information content (AvgIpc) is 3.18. The molecular weight excluding hydrogens is 472 g/mol. The van der Waals surface area contributed by atoms with Crippen molar-refractivity contribution in [2.24, 2.45) is 0 Å². The number of aromatic amines is 1. The summed E-state index contributed by atoms with van der Waals surface area (Å²) < 4.78 is 35.9. The van der Waals surface area contributed by atoms with E-state index in [2.05, 4.69) is 25.0 Å². The fourth-order valence-corrected chi connectivity index (χ4v) is 3.90. The molecule has 0 saturated carbocycles. The number of hydrogen-bond acceptors (Lipinski definition) is 9. The third kappa shape index (κ3) is 4.58. The second kappa shape index (κ2) is 9.25. The molecule has 4 heterocycles. The van der Waals surface area contributed by atoms with E-state index in [1.807, 2.05) is 13.0 Å². The van der Waals surface area contributed by atoms with Gasteiger partial charge in [-0.2, -0.15) is 5.10 Å². The first kappa shape index (κ1) is 22.8. The summed E-state index contributed by atoms with van der Waals surface area (Å²) in [4.78, 5) is 28.2. The predicted octanol–water partition coefficient (Wildman–Crippen LogP) is 2.08. The van der Waals surface area contributed by atoms with Gasteiger partial charge < -0.3 is 14.5 Å². The summed E-state index contributed by atoms with van der Waals surface area (Å²) in [6.45, 7) is 2.32. The molecule has 0 aromatic carbocycles. The molecule has 4 aromatic rings. The van der Waals surface area contributed by atoms with Gasteiger partial charge in [0.05, 0.1) is 24.1 Å². The van der Waals surface area contributed by atoms with Gasteiger partial charge in [0.25, 0.3) is 14.6 Å². The minimum absolute atomic E-state index is 0.0601. The van der Waals surface area contributed by atoms with Crippen LogP contribution < -0.4 is 10.3 Å². The smallest absolute Gasteiger partial charge is 0.279 e. The Hall–Kier alpha value is -3.35. The second-order valence-corrected chi connectivity index (χ2v) is 9.38. The molecular formula is C20H19ClN6O5S. The monoisotopic (exact) mass is 490 g/mol. The van der Waals surface area contributed by atoms with Gasteiger partial charge in [-0.3, -0.25) is 4.79 Å². The van der Waals surface area contributed by atoms with Gasteiger partial charge >= 0.3 is 0 Å². The van der Waals surface area contributed by atoms with Crippen LogP contribution in [-0.2, 0) is 20.2 Å². The highest BCUT2D eigenvalue weighted by molar-refractivity contribution is 8.13. The first-order valence-corrected chi connectivity index (χ1v) is 12.1. The van der Waals surface area contributed by atoms with E-state index in [0.717, 1.165) is 6.20 Å². The Balaban J connectivity index is 1.93. The van der Waals surface area contributed by atoms with Crippen molar-refractivity contribution in [1.29, 1.82) is 0 Å². The molecule has 0 atom stereocenters. The molecule has 0 bridgehead atoms. The zero-order valence-corrected chi connectivity index (χ0v) is 19.2. The Labute approximate surface area is 192 Å². The molecule has 0 saturated heterocycles. The Morgan fingerprint density at radius 3 is 2.67 bits per heavy atom. The van der Waals surface area contributed by atoms with Crippen molar-refractivity contribution in [2.45, 2.75) is 18.2 Å². The molecule has 0 aliphatic carbocycles. The molecule has 0 aliphatic heterocycles. The molecule has 0 spiro atoms. The number of rotatable bonds is 8. The average molecular weight is 491 g/mol. The summed E-state index contributed by atoms with van der Waals surface area (Å²) in [5, 5.41) is 4.40. The number of ether oxygens (including phenoxy) is 2. The standard InChI is InChI=1S/C20H19ClN6O5S/c1-3-14-16-17(26-27(14)15-6-4-5-7-22-15)19(28)25-18(24-16)13-10-12(33(21,29)30)11-23-20(13)32-9-8-31-2/h4-7,10-11H,3,8-9H2,1-2H3,(H,24,25,28). The van der Waals surface area contributed by atoms with Gasteiger partial charge in [0.15, 0.2) is 11.3 Å². The predicted molar refractivity (Wildman–Crippen MR) is 120 cm³/mol. The number of H-pyrrole nitrogens is 1. The first-order valence-electron chi connectivity index (χ1n) is 9.83. The highest BCUT2D eigenvalue weighted by Crippen LogP contribution is 2.30. The largest absolute Gasteiger partial charge is 0.475 e. The fraction of sp³-hybridized carbons (Fsp3) is 0.250. The summed E-state index contributed by atoms with van der Waals surface area (Å²) in [6.07, 6.45) is 3.20. The maximum absolute atomic E-state index is 12.9. The lowest BCUT2D eigenvalue weighted by molar-refractivity contribution is 0.144. The molecule has 0 aliphatic rings. The van der Waals surface area contributed by atoms with E-state index in [9.17, 15) is 13.2 Å². The molecule has 0 amide bonds. The molecule has 4 rings (SSSR count). The number of pyridine rings is 2. The van der Waals surface area contributed by atoms with Crippen LogP contribution in [0.4, 0.5) is 0 Å². The summed E-state index contributed by atoms with van der Waals surface area (Å²) >= 11 is 0. The van der Waals surface area contributed by atoms with E-state index in [0.29, 0.717) is 23.4 Å². The zero-order chi connectivity index (χ0) is 23.6. The molecule has 172 valence electrons. The number of fused-ring (bicyclic) bond motifs is 1. The van der Waals surface area contributed by atoms with E-state index in [-0.39, 0.29) is 40.9 Å². The molecule has 13 heteroatoms. The second-order valence-electron chi connectivity index (χ2n) is 6.81. The van der Waals surface area contributed by atoms with Crippen molar-refractivity contribution in [3.63, 3.8) is 0 Å². The third-order valence-electron chi connectivity index (χ3n) is 4.71. The van der Waals surface area contributed by atoms with Gasteiger partial charge in [-0.15, -0.1) is 0 Å². The maximum atomic E-state index is 12.9. The molecule has 1 N–H and O–H groups in total. The summed E-state index contributed by atoms with van der Waals surface area (Å²) in [5.74, 6) is 0.660. The van der Waals surface area contributed by atoms with Crippen LogP contribution in [0.2, 0.25) is 0 Å². The normalized spacial score (nSPS) is 11.7. The van der Waals surface area contributed by atoms with Crippen LogP contribution >= 0.6 is 10.7 Å².